The van der Waals surface area contributed by atoms with Crippen molar-refractivity contribution in [2.45, 2.75) is 5.75 Å². The summed E-state index contributed by atoms with van der Waals surface area (Å²) in [4.78, 5) is 0. The molecule has 0 spiro atoms. The van der Waals surface area contributed by atoms with Gasteiger partial charge in [-0.3, -0.25) is 0 Å². The van der Waals surface area contributed by atoms with E-state index < -0.39 is 20.6 Å². The number of ether oxygens (including phenoxy) is 2. The van der Waals surface area contributed by atoms with E-state index in [1.54, 1.807) is 0 Å². The van der Waals surface area contributed by atoms with Crippen molar-refractivity contribution in [3.05, 3.63) is 22.5 Å². The van der Waals surface area contributed by atoms with Crippen LogP contribution in [-0.4, -0.2) is 22.6 Å². The predicted octanol–water partition coefficient (Wildman–Crippen LogP) is 2.56. The molecule has 4 nitrogen and oxygen atoms in total. The minimum atomic E-state index is -3.94. The van der Waals surface area contributed by atoms with Gasteiger partial charge in [0, 0.05) is 16.7 Å². The maximum absolute atomic E-state index is 13.7. The van der Waals surface area contributed by atoms with E-state index in [-0.39, 0.29) is 22.1 Å². The van der Waals surface area contributed by atoms with Crippen molar-refractivity contribution >= 4 is 31.3 Å². The van der Waals surface area contributed by atoms with Gasteiger partial charge in [0.2, 0.25) is 9.05 Å². The molecular weight excluding hydrogens is 294 g/mol. The summed E-state index contributed by atoms with van der Waals surface area (Å²) in [6, 6.07) is 1.19. The number of hydrogen-bond donors (Lipinski definition) is 0. The van der Waals surface area contributed by atoms with Crippen molar-refractivity contribution in [3.63, 3.8) is 0 Å². The van der Waals surface area contributed by atoms with Gasteiger partial charge in [-0.1, -0.05) is 11.6 Å². The largest absolute Gasteiger partial charge is 0.493 e. The monoisotopic (exact) mass is 302 g/mol. The first-order valence-electron chi connectivity index (χ1n) is 4.31. The fourth-order valence-corrected chi connectivity index (χ4v) is 2.46. The molecule has 0 amide bonds. The Morgan fingerprint density at radius 2 is 1.94 bits per heavy atom. The third-order valence-corrected chi connectivity index (χ3v) is 3.21. The molecule has 96 valence electrons. The normalized spacial score (nSPS) is 11.4. The molecule has 8 heteroatoms. The first kappa shape index (κ1) is 14.3. The summed E-state index contributed by atoms with van der Waals surface area (Å²) < 4.78 is 45.5. The van der Waals surface area contributed by atoms with Crippen LogP contribution in [0.2, 0.25) is 5.02 Å². The smallest absolute Gasteiger partial charge is 0.237 e. The fourth-order valence-electron chi connectivity index (χ4n) is 1.31. The predicted molar refractivity (Wildman–Crippen MR) is 63.0 cm³/mol. The molecule has 0 aromatic heterocycles. The zero-order valence-electron chi connectivity index (χ0n) is 8.96. The van der Waals surface area contributed by atoms with Gasteiger partial charge in [0.05, 0.1) is 30.6 Å². The molecule has 0 atom stereocenters. The molecule has 0 fully saturated rings. The second-order valence-corrected chi connectivity index (χ2v) is 6.25. The van der Waals surface area contributed by atoms with Gasteiger partial charge >= 0.3 is 0 Å². The van der Waals surface area contributed by atoms with E-state index in [0.717, 1.165) is 0 Å². The Morgan fingerprint density at radius 1 is 1.35 bits per heavy atom. The van der Waals surface area contributed by atoms with Crippen LogP contribution in [0.25, 0.3) is 0 Å². The van der Waals surface area contributed by atoms with Gasteiger partial charge in [0.25, 0.3) is 0 Å². The second kappa shape index (κ2) is 5.29. The van der Waals surface area contributed by atoms with Crippen LogP contribution in [0, 0.1) is 5.82 Å². The van der Waals surface area contributed by atoms with Gasteiger partial charge in [-0.25, -0.2) is 12.8 Å². The molecule has 0 aliphatic heterocycles. The summed E-state index contributed by atoms with van der Waals surface area (Å²) in [5.41, 5.74) is -0.258. The molecule has 1 aromatic rings. The summed E-state index contributed by atoms with van der Waals surface area (Å²) >= 11 is 5.61. The van der Waals surface area contributed by atoms with E-state index in [2.05, 4.69) is 0 Å². The third-order valence-electron chi connectivity index (χ3n) is 1.97. The summed E-state index contributed by atoms with van der Waals surface area (Å²) in [6.45, 7) is 0. The number of hydrogen-bond acceptors (Lipinski definition) is 4. The van der Waals surface area contributed by atoms with Gasteiger partial charge in [-0.15, -0.1) is 0 Å². The topological polar surface area (TPSA) is 52.6 Å². The van der Waals surface area contributed by atoms with Crippen LogP contribution in [0.15, 0.2) is 6.07 Å². The van der Waals surface area contributed by atoms with Crippen LogP contribution in [0.4, 0.5) is 4.39 Å². The van der Waals surface area contributed by atoms with Gasteiger partial charge < -0.3 is 9.47 Å². The van der Waals surface area contributed by atoms with E-state index in [4.69, 9.17) is 31.8 Å². The Hall–Kier alpha value is -0.720. The van der Waals surface area contributed by atoms with E-state index >= 15 is 0 Å². The quantitative estimate of drug-likeness (QED) is 0.802. The van der Waals surface area contributed by atoms with Crippen molar-refractivity contribution < 1.29 is 22.3 Å². The minimum Gasteiger partial charge on any atom is -0.493 e. The summed E-state index contributed by atoms with van der Waals surface area (Å²) in [5.74, 6) is -1.54. The Bertz CT molecular complexity index is 530. The Labute approximate surface area is 108 Å². The van der Waals surface area contributed by atoms with E-state index in [9.17, 15) is 12.8 Å². The van der Waals surface area contributed by atoms with Crippen LogP contribution in [0.3, 0.4) is 0 Å². The Balaban J connectivity index is 3.49. The molecular formula is C9H9Cl2FO4S. The van der Waals surface area contributed by atoms with Gasteiger partial charge in [0.15, 0.2) is 11.5 Å². The van der Waals surface area contributed by atoms with Gasteiger partial charge in [-0.2, -0.15) is 0 Å². The standard InChI is InChI=1S/C9H9Cl2FO4S/c1-15-7-3-6(10)8(12)5(9(7)16-2)4-17(11,13)14/h3H,4H2,1-2H3. The van der Waals surface area contributed by atoms with Gasteiger partial charge in [0.1, 0.15) is 5.82 Å². The van der Waals surface area contributed by atoms with Crippen LogP contribution in [0.1, 0.15) is 5.56 Å². The van der Waals surface area contributed by atoms with Crippen molar-refractivity contribution in [2.75, 3.05) is 14.2 Å². The number of rotatable bonds is 4. The highest BCUT2D eigenvalue weighted by Gasteiger charge is 2.23. The number of methoxy groups -OCH3 is 2. The molecule has 17 heavy (non-hydrogen) atoms. The molecule has 0 radical (unpaired) electrons. The summed E-state index contributed by atoms with van der Waals surface area (Å²) in [5, 5.41) is -0.266. The first-order valence-corrected chi connectivity index (χ1v) is 7.17. The zero-order valence-corrected chi connectivity index (χ0v) is 11.3. The Kier molecular flexibility index (Phi) is 4.46. The minimum absolute atomic E-state index is 0.0429. The second-order valence-electron chi connectivity index (χ2n) is 3.07. The molecule has 0 bridgehead atoms. The SMILES string of the molecule is COc1cc(Cl)c(F)c(CS(=O)(=O)Cl)c1OC. The molecule has 0 saturated heterocycles. The van der Waals surface area contributed by atoms with Crippen LogP contribution < -0.4 is 9.47 Å². The highest BCUT2D eigenvalue weighted by molar-refractivity contribution is 8.13. The lowest BCUT2D eigenvalue weighted by atomic mass is 10.2. The van der Waals surface area contributed by atoms with Crippen molar-refractivity contribution in [1.82, 2.24) is 0 Å². The van der Waals surface area contributed by atoms with Crippen molar-refractivity contribution in [3.8, 4) is 11.5 Å². The summed E-state index contributed by atoms with van der Waals surface area (Å²) in [7, 11) is 3.73. The first-order chi connectivity index (χ1) is 7.80. The van der Waals surface area contributed by atoms with Crippen molar-refractivity contribution in [2.24, 2.45) is 0 Å². The molecule has 0 aliphatic carbocycles. The molecule has 0 unspecified atom stereocenters. The summed E-state index contributed by atoms with van der Waals surface area (Å²) in [6.07, 6.45) is 0. The van der Waals surface area contributed by atoms with E-state index in [0.29, 0.717) is 0 Å². The number of benzene rings is 1. The highest BCUT2D eigenvalue weighted by Crippen LogP contribution is 2.38. The molecule has 0 heterocycles. The fraction of sp³-hybridized carbons (Fsp3) is 0.333. The van der Waals surface area contributed by atoms with E-state index in [1.165, 1.54) is 20.3 Å². The maximum Gasteiger partial charge on any atom is 0.237 e. The van der Waals surface area contributed by atoms with E-state index in [1.807, 2.05) is 0 Å². The molecule has 1 rings (SSSR count). The molecule has 0 saturated carbocycles. The lowest BCUT2D eigenvalue weighted by Gasteiger charge is -2.13. The van der Waals surface area contributed by atoms with Crippen LogP contribution in [0.5, 0.6) is 11.5 Å². The Morgan fingerprint density at radius 3 is 2.35 bits per heavy atom. The highest BCUT2D eigenvalue weighted by atomic mass is 35.7. The molecule has 0 N–H and O–H groups in total. The molecule has 0 aliphatic rings. The van der Waals surface area contributed by atoms with Crippen molar-refractivity contribution in [1.29, 1.82) is 0 Å². The molecule has 1 aromatic carbocycles. The average molecular weight is 303 g/mol. The van der Waals surface area contributed by atoms with Crippen LogP contribution in [-0.2, 0) is 14.8 Å². The average Bonchev–Trinajstić information content (AvgIpc) is 2.22. The number of halogens is 3. The van der Waals surface area contributed by atoms with Crippen LogP contribution >= 0.6 is 22.3 Å². The lowest BCUT2D eigenvalue weighted by Crippen LogP contribution is -2.04. The van der Waals surface area contributed by atoms with Gasteiger partial charge in [-0.05, 0) is 0 Å². The maximum atomic E-state index is 13.7. The zero-order chi connectivity index (χ0) is 13.2. The third kappa shape index (κ3) is 3.37. The lowest BCUT2D eigenvalue weighted by molar-refractivity contribution is 0.349.